The van der Waals surface area contributed by atoms with Gasteiger partial charge in [0.05, 0.1) is 42.5 Å². The van der Waals surface area contributed by atoms with Gasteiger partial charge in [-0.1, -0.05) is 49.7 Å². The molecule has 11 bridgehead atoms. The molecular weight excluding hydrogens is 1560 g/mol. The molecular formula is C78H97ClN10O28. The number of likely N-dealkylation sites (N-methyl/N-ethyl adjacent to an activating group) is 1. The lowest BCUT2D eigenvalue weighted by Gasteiger charge is -2.47. The van der Waals surface area contributed by atoms with Crippen LogP contribution >= 0.6 is 11.6 Å². The van der Waals surface area contributed by atoms with Gasteiger partial charge in [0.15, 0.2) is 36.2 Å². The van der Waals surface area contributed by atoms with E-state index in [1.54, 1.807) is 34.6 Å². The molecule has 0 spiro atoms. The fraction of sp³-hybridized carbons (Fsp3) is 0.500. The summed E-state index contributed by atoms with van der Waals surface area (Å²) >= 11 is 7.19. The van der Waals surface area contributed by atoms with Crippen LogP contribution in [-0.4, -0.2) is 232 Å². The second-order valence-corrected chi connectivity index (χ2v) is 32.3. The zero-order chi connectivity index (χ0) is 85.7. The molecule has 8 aliphatic rings. The van der Waals surface area contributed by atoms with E-state index < -0.39 is 267 Å². The van der Waals surface area contributed by atoms with E-state index in [0.717, 1.165) is 53.4 Å². The molecule has 5 aromatic carbocycles. The number of aliphatic hydroxyl groups excluding tert-OH is 6. The number of fused-ring (bicyclic) bond motifs is 15. The lowest BCUT2D eigenvalue weighted by molar-refractivity contribution is -0.333. The standard InChI is InChI=1S/C78H97ClN10O28/c1-30(2)19-43(89(10)75(108)117-76(5,6)7)68(101)87-57-59(95)35-14-18-46(41(79)21-35)112-48-23-36-22-47(63(48)116-74-64(61(97)60(96)49(29-90)113-74)115-52-28-78(9,82)66(99)32(4)110-52)111-38-15-11-33(12-16-38)62(114-51-27-77(8,81)65(98)31(3)109-51)58-72(105)86-56(73(106)107)40-24-37(91)25-45(93)53(40)39-20-34(13-17-44(39)92)54(69(102)88-58)85-70(103)55(36)84-67(100)42(26-50(80)94)83-71(57)104/h11-18,20-25,30-32,42-43,49,51-52,54-62,64-66,74,90-93,95-99H,19,26-29,81-82H2,1-10H3,(H2,80,94)(H,83,104)(H,84,100)(H,85,103)(H,86,105)(H,87,101)(H,88,102)(H,106,107)/t31-,32-,42-,43+,49+,51-,52-,54+,55+,56-,57+,58-,59+,60+,61-,62+,64+,65-,66-,74-,77+,78-/m0/s1. The lowest BCUT2D eigenvalue weighted by Crippen LogP contribution is -2.64. The number of phenols is 3. The van der Waals surface area contributed by atoms with E-state index >= 15 is 24.0 Å². The summed E-state index contributed by atoms with van der Waals surface area (Å²) < 4.78 is 57.4. The van der Waals surface area contributed by atoms with E-state index in [1.807, 2.05) is 0 Å². The summed E-state index contributed by atoms with van der Waals surface area (Å²) in [4.78, 5) is 136. The number of hydrogen-bond acceptors (Lipinski definition) is 29. The molecule has 0 unspecified atom stereocenters. The van der Waals surface area contributed by atoms with Crippen molar-refractivity contribution in [2.24, 2.45) is 23.1 Å². The first-order chi connectivity index (χ1) is 54.8. The number of ether oxygens (including phenoxy) is 9. The van der Waals surface area contributed by atoms with Gasteiger partial charge in [-0.25, -0.2) is 9.59 Å². The van der Waals surface area contributed by atoms with Crippen molar-refractivity contribution in [3.8, 4) is 57.1 Å². The van der Waals surface area contributed by atoms with Crippen molar-refractivity contribution < 1.29 is 137 Å². The number of hydrogen-bond donors (Lipinski definition) is 19. The number of nitrogens with two attached hydrogens (primary N) is 3. The summed E-state index contributed by atoms with van der Waals surface area (Å²) in [6, 6.07) is 0.378. The summed E-state index contributed by atoms with van der Waals surface area (Å²) in [5.74, 6) is -16.5. The third-order valence-corrected chi connectivity index (χ3v) is 21.1. The van der Waals surface area contributed by atoms with Gasteiger partial charge < -0.3 is 143 Å². The van der Waals surface area contributed by atoms with Gasteiger partial charge in [0.2, 0.25) is 53.4 Å². The van der Waals surface area contributed by atoms with Gasteiger partial charge >= 0.3 is 12.1 Å². The Morgan fingerprint density at radius 2 is 1.27 bits per heavy atom. The van der Waals surface area contributed by atoms with Crippen LogP contribution in [0.5, 0.6) is 46.0 Å². The molecule has 634 valence electrons. The third-order valence-electron chi connectivity index (χ3n) is 20.8. The van der Waals surface area contributed by atoms with Gasteiger partial charge in [-0.3, -0.25) is 38.5 Å². The number of aliphatic hydroxyl groups is 6. The van der Waals surface area contributed by atoms with Gasteiger partial charge in [-0.2, -0.15) is 0 Å². The number of amides is 8. The number of benzene rings is 5. The molecule has 3 fully saturated rings. The number of carboxylic acids is 1. The molecule has 8 heterocycles. The maximum Gasteiger partial charge on any atom is 0.410 e. The van der Waals surface area contributed by atoms with Gasteiger partial charge in [0.25, 0.3) is 0 Å². The molecule has 3 saturated heterocycles. The average molecular weight is 1660 g/mol. The second-order valence-electron chi connectivity index (χ2n) is 31.9. The largest absolute Gasteiger partial charge is 0.508 e. The number of phenolic OH excluding ortho intramolecular Hbond substituents is 3. The third kappa shape index (κ3) is 19.3. The van der Waals surface area contributed by atoms with Crippen molar-refractivity contribution in [2.45, 2.75) is 227 Å². The summed E-state index contributed by atoms with van der Waals surface area (Å²) in [5.41, 5.74) is 12.4. The van der Waals surface area contributed by atoms with Crippen molar-refractivity contribution >= 4 is 65.0 Å². The van der Waals surface area contributed by atoms with Crippen molar-refractivity contribution in [1.82, 2.24) is 36.8 Å². The van der Waals surface area contributed by atoms with E-state index in [0.29, 0.717) is 0 Å². The summed E-state index contributed by atoms with van der Waals surface area (Å²) in [6.07, 6.45) is -24.1. The number of primary amides is 1. The van der Waals surface area contributed by atoms with Crippen LogP contribution in [0.2, 0.25) is 5.02 Å². The number of carboxylic acid groups (broad SMARTS) is 1. The van der Waals surface area contributed by atoms with Crippen LogP contribution in [0.15, 0.2) is 84.9 Å². The minimum absolute atomic E-state index is 0.0579. The van der Waals surface area contributed by atoms with Crippen LogP contribution in [-0.2, 0) is 66.8 Å². The molecule has 8 amide bonds. The first-order valence-corrected chi connectivity index (χ1v) is 37.8. The minimum Gasteiger partial charge on any atom is -0.508 e. The number of carbonyl (C=O) groups is 9. The molecule has 0 aliphatic carbocycles. The topological polar surface area (TPSA) is 592 Å². The van der Waals surface area contributed by atoms with Crippen LogP contribution in [0.4, 0.5) is 4.79 Å². The molecule has 22 N–H and O–H groups in total. The number of carbonyl (C=O) groups excluding carboxylic acids is 8. The predicted molar refractivity (Wildman–Crippen MR) is 406 cm³/mol. The Labute approximate surface area is 674 Å². The molecule has 5 aromatic rings. The zero-order valence-corrected chi connectivity index (χ0v) is 65.9. The van der Waals surface area contributed by atoms with Crippen molar-refractivity contribution in [3.63, 3.8) is 0 Å². The minimum atomic E-state index is -2.40. The van der Waals surface area contributed by atoms with Crippen molar-refractivity contribution in [2.75, 3.05) is 13.7 Å². The first-order valence-electron chi connectivity index (χ1n) is 37.5. The quantitative estimate of drug-likeness (QED) is 0.0703. The normalized spacial score (nSPS) is 31.1. The number of rotatable bonds is 15. The van der Waals surface area contributed by atoms with Gasteiger partial charge in [0, 0.05) is 53.7 Å². The number of nitrogens with zero attached hydrogens (tertiary/aromatic N) is 1. The van der Waals surface area contributed by atoms with Gasteiger partial charge in [0.1, 0.15) is 101 Å². The fourth-order valence-electron chi connectivity index (χ4n) is 14.7. The number of aromatic hydroxyl groups is 3. The maximum atomic E-state index is 16.5. The Bertz CT molecular complexity index is 4630. The fourth-order valence-corrected chi connectivity index (χ4v) is 15.0. The predicted octanol–water partition coefficient (Wildman–Crippen LogP) is 1.34. The molecule has 38 nitrogen and oxygen atoms in total. The SMILES string of the molecule is CC(C)C[C@H](C(=O)N[C@H]1C(=O)N[C@@H](CC(N)=O)C(=O)N[C@H]2C(=O)N[C@H]3C(=O)N[C@H](C(=O)N[C@H](C(=O)O)c4cc(O)cc(O)c4-c4cc3ccc4O)[C@H](O[C@H]3C[C@@](C)(N)[C@@H](O)[C@H](C)O3)c3ccc(cc3)Oc3cc2cc(c3O[C@@H]2O[C@H](CO)[C@@H](O)[C@H](O)[C@H]2O[C@H]2C[C@](C)(N)[C@@H](O)[C@H](C)O2)Oc2ccc(cc2Cl)[C@H]1O)N(C)C(=O)OC(C)(C)C. The van der Waals surface area contributed by atoms with E-state index in [4.69, 9.17) is 71.4 Å². The Morgan fingerprint density at radius 3 is 1.86 bits per heavy atom. The first kappa shape index (κ1) is 87.5. The lowest BCUT2D eigenvalue weighted by atomic mass is 9.86. The molecule has 39 heteroatoms. The van der Waals surface area contributed by atoms with E-state index in [1.165, 1.54) is 71.1 Å². The van der Waals surface area contributed by atoms with E-state index in [9.17, 15) is 70.2 Å². The maximum absolute atomic E-state index is 16.5. The Kier molecular flexibility index (Phi) is 26.0. The molecule has 13 rings (SSSR count). The second kappa shape index (κ2) is 34.7. The van der Waals surface area contributed by atoms with Crippen LogP contribution in [0, 0.1) is 5.92 Å². The smallest absolute Gasteiger partial charge is 0.410 e. The molecule has 0 saturated carbocycles. The van der Waals surface area contributed by atoms with Crippen LogP contribution in [0.3, 0.4) is 0 Å². The molecule has 8 aliphatic heterocycles. The number of halogens is 1. The Hall–Kier alpha value is -10.3. The molecule has 0 radical (unpaired) electrons. The van der Waals surface area contributed by atoms with Crippen LogP contribution < -0.4 is 63.3 Å². The van der Waals surface area contributed by atoms with Crippen molar-refractivity contribution in [1.29, 1.82) is 0 Å². The Morgan fingerprint density at radius 1 is 0.684 bits per heavy atom. The summed E-state index contributed by atoms with van der Waals surface area (Å²) in [5, 5.41) is 129. The number of aliphatic carboxylic acids is 1. The van der Waals surface area contributed by atoms with E-state index in [2.05, 4.69) is 31.9 Å². The highest BCUT2D eigenvalue weighted by atomic mass is 35.5. The zero-order valence-electron chi connectivity index (χ0n) is 65.1. The van der Waals surface area contributed by atoms with E-state index in [-0.39, 0.29) is 53.4 Å². The molecule has 22 atom stereocenters. The van der Waals surface area contributed by atoms with Gasteiger partial charge in [-0.05, 0) is 138 Å². The molecule has 0 aromatic heterocycles. The average Bonchev–Trinajstić information content (AvgIpc) is 0.762. The highest BCUT2D eigenvalue weighted by Crippen LogP contribution is 2.50. The summed E-state index contributed by atoms with van der Waals surface area (Å²) in [6.45, 7) is 13.2. The Balaban J connectivity index is 1.17. The van der Waals surface area contributed by atoms with Crippen molar-refractivity contribution in [3.05, 3.63) is 118 Å². The molecule has 117 heavy (non-hydrogen) atoms. The highest BCUT2D eigenvalue weighted by molar-refractivity contribution is 6.32. The highest BCUT2D eigenvalue weighted by Gasteiger charge is 2.53. The monoisotopic (exact) mass is 1660 g/mol. The van der Waals surface area contributed by atoms with Gasteiger partial charge in [-0.15, -0.1) is 0 Å². The van der Waals surface area contributed by atoms with Crippen LogP contribution in [0.1, 0.15) is 146 Å². The van der Waals surface area contributed by atoms with Crippen LogP contribution in [0.25, 0.3) is 11.1 Å². The number of nitrogens with one attached hydrogen (secondary N) is 6. The summed E-state index contributed by atoms with van der Waals surface area (Å²) in [7, 11) is 1.26.